The van der Waals surface area contributed by atoms with Crippen molar-refractivity contribution in [1.82, 2.24) is 14.9 Å². The van der Waals surface area contributed by atoms with Gasteiger partial charge in [0.15, 0.2) is 0 Å². The van der Waals surface area contributed by atoms with E-state index in [0.29, 0.717) is 51.3 Å². The third-order valence-electron chi connectivity index (χ3n) is 6.75. The number of pyridine rings is 2. The molecular weight excluding hydrogens is 587 g/mol. The number of anilines is 2. The number of hydrogen-bond acceptors (Lipinski definition) is 8. The van der Waals surface area contributed by atoms with Crippen molar-refractivity contribution in [1.29, 1.82) is 5.41 Å². The van der Waals surface area contributed by atoms with Gasteiger partial charge in [-0.2, -0.15) is 0 Å². The van der Waals surface area contributed by atoms with Crippen LogP contribution in [0.4, 0.5) is 16.3 Å². The van der Waals surface area contributed by atoms with Crippen LogP contribution in [-0.2, 0) is 11.3 Å². The lowest BCUT2D eigenvalue weighted by Gasteiger charge is -2.60. The van der Waals surface area contributed by atoms with Crippen molar-refractivity contribution < 1.29 is 14.3 Å². The number of carbonyl (C=O) groups excluding carboxylic acids is 1. The Morgan fingerprint density at radius 3 is 2.19 bits per heavy atom. The molecule has 2 aromatic heterocycles. The normalized spacial score (nSPS) is 14.7. The Morgan fingerprint density at radius 2 is 1.63 bits per heavy atom. The Kier molecular flexibility index (Phi) is 11.3. The number of rotatable bonds is 6. The van der Waals surface area contributed by atoms with Crippen molar-refractivity contribution in [2.24, 2.45) is 5.41 Å². The molecule has 3 aromatic rings. The van der Waals surface area contributed by atoms with E-state index in [1.54, 1.807) is 29.3 Å². The minimum Gasteiger partial charge on any atom is -0.489 e. The van der Waals surface area contributed by atoms with Crippen molar-refractivity contribution in [3.63, 3.8) is 0 Å². The molecule has 2 fully saturated rings. The highest BCUT2D eigenvalue weighted by Gasteiger charge is 2.54. The van der Waals surface area contributed by atoms with Gasteiger partial charge in [-0.3, -0.25) is 10.4 Å². The Morgan fingerprint density at radius 1 is 1.00 bits per heavy atom. The molecule has 2 aliphatic heterocycles. The van der Waals surface area contributed by atoms with Gasteiger partial charge in [-0.25, -0.2) is 9.78 Å². The van der Waals surface area contributed by atoms with Gasteiger partial charge < -0.3 is 25.0 Å². The van der Waals surface area contributed by atoms with Gasteiger partial charge in [-0.1, -0.05) is 50.9 Å². The Labute approximate surface area is 264 Å². The fourth-order valence-electron chi connectivity index (χ4n) is 4.79. The molecule has 1 spiro atoms. The molecule has 232 valence electrons. The van der Waals surface area contributed by atoms with Crippen LogP contribution >= 0.6 is 23.2 Å². The van der Waals surface area contributed by atoms with E-state index < -0.39 is 5.60 Å². The Bertz CT molecular complexity index is 1390. The van der Waals surface area contributed by atoms with E-state index in [1.807, 2.05) is 60.6 Å². The van der Waals surface area contributed by atoms with Gasteiger partial charge in [0, 0.05) is 72.6 Å². The highest BCUT2D eigenvalue weighted by atomic mass is 35.5. The molecule has 0 unspecified atom stereocenters. The Hall–Kier alpha value is -3.56. The molecule has 0 bridgehead atoms. The largest absolute Gasteiger partial charge is 0.489 e. The van der Waals surface area contributed by atoms with E-state index in [0.717, 1.165) is 18.9 Å². The first-order valence-electron chi connectivity index (χ1n) is 14.5. The van der Waals surface area contributed by atoms with Crippen LogP contribution in [0.15, 0.2) is 48.9 Å². The van der Waals surface area contributed by atoms with Gasteiger partial charge in [0.1, 0.15) is 23.8 Å². The molecule has 0 aliphatic carbocycles. The summed E-state index contributed by atoms with van der Waals surface area (Å²) in [6.07, 6.45) is 4.45. The summed E-state index contributed by atoms with van der Waals surface area (Å²) in [5.74, 6) is 1.37. The van der Waals surface area contributed by atoms with Crippen LogP contribution in [0.3, 0.4) is 0 Å². The minimum atomic E-state index is -0.493. The molecule has 5 rings (SSSR count). The van der Waals surface area contributed by atoms with E-state index in [2.05, 4.69) is 14.9 Å². The smallest absolute Gasteiger partial charge is 0.410 e. The number of nitrogens with two attached hydrogens (primary N) is 1. The van der Waals surface area contributed by atoms with Crippen LogP contribution < -0.4 is 15.4 Å². The molecule has 43 heavy (non-hydrogen) atoms. The molecule has 4 heterocycles. The number of benzene rings is 1. The van der Waals surface area contributed by atoms with E-state index in [4.69, 9.17) is 43.8 Å². The zero-order valence-electron chi connectivity index (χ0n) is 26.0. The van der Waals surface area contributed by atoms with Crippen molar-refractivity contribution in [2.45, 2.75) is 60.7 Å². The van der Waals surface area contributed by atoms with Crippen molar-refractivity contribution in [3.05, 3.63) is 75.7 Å². The third kappa shape index (κ3) is 8.09. The summed E-state index contributed by atoms with van der Waals surface area (Å²) in [6.45, 7) is 16.8. The fourth-order valence-corrected chi connectivity index (χ4v) is 5.27. The summed E-state index contributed by atoms with van der Waals surface area (Å²) >= 11 is 12.4. The number of nitrogens with one attached hydrogen (secondary N) is 1. The summed E-state index contributed by atoms with van der Waals surface area (Å²) < 4.78 is 11.3. The second-order valence-corrected chi connectivity index (χ2v) is 11.9. The molecule has 0 saturated carbocycles. The van der Waals surface area contributed by atoms with Crippen LogP contribution in [0.1, 0.15) is 65.2 Å². The molecule has 1 aromatic carbocycles. The lowest BCUT2D eigenvalue weighted by atomic mass is 9.73. The van der Waals surface area contributed by atoms with E-state index in [1.165, 1.54) is 12.4 Å². The molecule has 11 heteroatoms. The fraction of sp³-hybridized carbons (Fsp3) is 0.438. The van der Waals surface area contributed by atoms with Gasteiger partial charge in [0.25, 0.3) is 0 Å². The number of hydrogen-bond donors (Lipinski definition) is 2. The maximum absolute atomic E-state index is 12.2. The molecule has 1 amide bonds. The maximum Gasteiger partial charge on any atom is 0.410 e. The van der Waals surface area contributed by atoms with Gasteiger partial charge in [-0.05, 0) is 51.1 Å². The number of amides is 1. The lowest BCUT2D eigenvalue weighted by Crippen LogP contribution is -2.73. The quantitative estimate of drug-likeness (QED) is 0.215. The van der Waals surface area contributed by atoms with Crippen LogP contribution in [0.25, 0.3) is 0 Å². The second kappa shape index (κ2) is 14.3. The number of nitrogen functional groups attached to an aromatic ring is 1. The van der Waals surface area contributed by atoms with E-state index >= 15 is 0 Å². The summed E-state index contributed by atoms with van der Waals surface area (Å²) in [4.78, 5) is 24.7. The molecule has 2 saturated heterocycles. The average Bonchev–Trinajstić information content (AvgIpc) is 2.93. The van der Waals surface area contributed by atoms with E-state index in [-0.39, 0.29) is 23.8 Å². The minimum absolute atomic E-state index is 0.101. The highest BCUT2D eigenvalue weighted by molar-refractivity contribution is 6.35. The summed E-state index contributed by atoms with van der Waals surface area (Å²) in [7, 11) is 0. The van der Waals surface area contributed by atoms with Gasteiger partial charge in [0.2, 0.25) is 0 Å². The number of aromatic nitrogens is 2. The van der Waals surface area contributed by atoms with E-state index in [9.17, 15) is 4.79 Å². The predicted molar refractivity (Wildman–Crippen MR) is 175 cm³/mol. The average molecular weight is 630 g/mol. The SMILES string of the molecule is CC.CC.CC(C)(C)OC(=O)N1CC2(C1)CN(c1ccc(C(=N)c3cc(OCc4c(Cl)cncc4Cl)ccc3N)cn1)C2. The van der Waals surface area contributed by atoms with Crippen LogP contribution in [0, 0.1) is 10.8 Å². The summed E-state index contributed by atoms with van der Waals surface area (Å²) in [6, 6.07) is 8.94. The van der Waals surface area contributed by atoms with Crippen molar-refractivity contribution >= 4 is 46.5 Å². The number of nitrogens with zero attached hydrogens (tertiary/aromatic N) is 4. The van der Waals surface area contributed by atoms with Crippen molar-refractivity contribution in [2.75, 3.05) is 36.8 Å². The monoisotopic (exact) mass is 628 g/mol. The number of ether oxygens (including phenoxy) is 2. The number of likely N-dealkylation sites (tertiary alicyclic amines) is 1. The topological polar surface area (TPSA) is 118 Å². The van der Waals surface area contributed by atoms with Gasteiger partial charge in [-0.15, -0.1) is 0 Å². The number of carbonyl (C=O) groups is 1. The molecule has 0 atom stereocenters. The first kappa shape index (κ1) is 33.9. The van der Waals surface area contributed by atoms with Gasteiger partial charge in [0.05, 0.1) is 15.8 Å². The first-order valence-corrected chi connectivity index (χ1v) is 15.3. The summed E-state index contributed by atoms with van der Waals surface area (Å²) in [5, 5.41) is 9.59. The van der Waals surface area contributed by atoms with Crippen LogP contribution in [-0.4, -0.2) is 58.5 Å². The first-order chi connectivity index (χ1) is 20.4. The second-order valence-electron chi connectivity index (χ2n) is 11.1. The zero-order chi connectivity index (χ0) is 31.9. The Balaban J connectivity index is 0.00000121. The van der Waals surface area contributed by atoms with Gasteiger partial charge >= 0.3 is 6.09 Å². The molecule has 2 aliphatic rings. The number of halogens is 2. The van der Waals surface area contributed by atoms with Crippen LogP contribution in [0.2, 0.25) is 10.0 Å². The molecule has 0 radical (unpaired) electrons. The van der Waals surface area contributed by atoms with Crippen molar-refractivity contribution in [3.8, 4) is 5.75 Å². The molecule has 3 N–H and O–H groups in total. The predicted octanol–water partition coefficient (Wildman–Crippen LogP) is 7.47. The summed E-state index contributed by atoms with van der Waals surface area (Å²) in [5.41, 5.74) is 8.31. The third-order valence-corrected chi connectivity index (χ3v) is 7.40. The highest BCUT2D eigenvalue weighted by Crippen LogP contribution is 2.42. The maximum atomic E-state index is 12.2. The lowest BCUT2D eigenvalue weighted by molar-refractivity contribution is -0.0454. The standard InChI is InChI=1S/C28H30Cl2N6O3.2C2H6/c1-27(2,3)39-26(37)36-15-28(16-36)13-35(14-28)24-7-4-17(9-34-24)25(32)19-8-18(5-6-23(19)31)38-12-20-21(29)10-33-11-22(20)30;2*1-2/h4-11,32H,12-16,31H2,1-3H3;2*1-2H3. The zero-order valence-corrected chi connectivity index (χ0v) is 27.5. The molecule has 9 nitrogen and oxygen atoms in total. The van der Waals surface area contributed by atoms with Crippen LogP contribution in [0.5, 0.6) is 5.75 Å². The molecular formula is C32H42Cl2N6O3.